The van der Waals surface area contributed by atoms with Gasteiger partial charge in [0, 0.05) is 0 Å². The first-order valence-corrected chi connectivity index (χ1v) is 11.4. The SMILES string of the molecule is F[P-](F)(F)(F)(F)F.N#Cc1cccc(C[n+]2cn(Cc3ccccc3)c3ccccc32)c1. The van der Waals surface area contributed by atoms with E-state index in [0.717, 1.165) is 18.7 Å². The van der Waals surface area contributed by atoms with Gasteiger partial charge in [-0.05, 0) is 35.4 Å². The molecule has 32 heavy (non-hydrogen) atoms. The molecule has 0 N–H and O–H groups in total. The third-order valence-electron chi connectivity index (χ3n) is 4.38. The molecule has 3 aromatic carbocycles. The number of aromatic nitrogens is 2. The average Bonchev–Trinajstić information content (AvgIpc) is 3.04. The molecule has 0 amide bonds. The molecule has 0 atom stereocenters. The smallest absolute Gasteiger partial charge is 0.226 e. The first-order valence-electron chi connectivity index (χ1n) is 9.35. The van der Waals surface area contributed by atoms with Crippen LogP contribution in [0.15, 0.2) is 85.2 Å². The van der Waals surface area contributed by atoms with Crippen LogP contribution >= 0.6 is 7.81 Å². The number of imidazole rings is 1. The van der Waals surface area contributed by atoms with E-state index in [2.05, 4.69) is 76.1 Å². The summed E-state index contributed by atoms with van der Waals surface area (Å²) in [7, 11) is -10.7. The minimum atomic E-state index is -10.7. The molecule has 168 valence electrons. The maximum absolute atomic E-state index is 10.7. The normalized spacial score (nSPS) is 13.4. The van der Waals surface area contributed by atoms with Gasteiger partial charge in [0.25, 0.3) is 0 Å². The van der Waals surface area contributed by atoms with Crippen LogP contribution in [0, 0.1) is 11.3 Å². The topological polar surface area (TPSA) is 32.6 Å². The molecular weight excluding hydrogens is 451 g/mol. The van der Waals surface area contributed by atoms with Gasteiger partial charge in [-0.15, -0.1) is 0 Å². The van der Waals surface area contributed by atoms with Crippen molar-refractivity contribution < 1.29 is 29.7 Å². The number of rotatable bonds is 4. The molecule has 0 aliphatic carbocycles. The maximum Gasteiger partial charge on any atom is 0.245 e. The Bertz CT molecular complexity index is 1270. The first kappa shape index (κ1) is 23.3. The van der Waals surface area contributed by atoms with Crippen LogP contribution in [-0.2, 0) is 13.1 Å². The third-order valence-corrected chi connectivity index (χ3v) is 4.38. The molecule has 0 bridgehead atoms. The largest absolute Gasteiger partial charge is 0.245 e. The summed E-state index contributed by atoms with van der Waals surface area (Å²) >= 11 is 0. The molecule has 0 aliphatic rings. The zero-order chi connectivity index (χ0) is 23.5. The number of nitrogens with zero attached hydrogens (tertiary/aromatic N) is 3. The van der Waals surface area contributed by atoms with Crippen LogP contribution in [0.5, 0.6) is 0 Å². The van der Waals surface area contributed by atoms with E-state index in [1.807, 2.05) is 24.3 Å². The van der Waals surface area contributed by atoms with Crippen molar-refractivity contribution >= 4 is 18.8 Å². The summed E-state index contributed by atoms with van der Waals surface area (Å²) in [5.74, 6) is 0. The Hall–Kier alpha value is -3.37. The van der Waals surface area contributed by atoms with Gasteiger partial charge in [-0.1, -0.05) is 54.6 Å². The molecule has 4 aromatic rings. The van der Waals surface area contributed by atoms with Crippen LogP contribution in [0.1, 0.15) is 16.7 Å². The van der Waals surface area contributed by atoms with Gasteiger partial charge in [-0.3, -0.25) is 0 Å². The van der Waals surface area contributed by atoms with Crippen LogP contribution in [0.3, 0.4) is 0 Å². The second-order valence-corrected chi connectivity index (χ2v) is 9.03. The summed E-state index contributed by atoms with van der Waals surface area (Å²) in [5.41, 5.74) is 5.52. The van der Waals surface area contributed by atoms with E-state index in [9.17, 15) is 25.2 Å². The molecular formula is C22H18F6N3P. The minimum absolute atomic E-state index is 0.700. The van der Waals surface area contributed by atoms with Gasteiger partial charge in [-0.25, -0.2) is 9.13 Å². The van der Waals surface area contributed by atoms with E-state index in [-0.39, 0.29) is 0 Å². The summed E-state index contributed by atoms with van der Waals surface area (Å²) in [6.45, 7) is 1.59. The van der Waals surface area contributed by atoms with Crippen molar-refractivity contribution in [3.05, 3.63) is 102 Å². The van der Waals surface area contributed by atoms with E-state index >= 15 is 0 Å². The van der Waals surface area contributed by atoms with Gasteiger partial charge in [0.1, 0.15) is 13.1 Å². The Balaban J connectivity index is 0.000000360. The molecule has 1 aromatic heterocycles. The average molecular weight is 469 g/mol. The Morgan fingerprint density at radius 1 is 0.781 bits per heavy atom. The summed E-state index contributed by atoms with van der Waals surface area (Å²) in [6, 6.07) is 28.9. The predicted molar refractivity (Wildman–Crippen MR) is 112 cm³/mol. The number of para-hydroxylation sites is 2. The fourth-order valence-corrected chi connectivity index (χ4v) is 3.21. The van der Waals surface area contributed by atoms with Gasteiger partial charge in [0.15, 0.2) is 11.0 Å². The van der Waals surface area contributed by atoms with Gasteiger partial charge < -0.3 is 0 Å². The number of halogens is 6. The molecule has 0 saturated carbocycles. The molecule has 0 spiro atoms. The Kier molecular flexibility index (Phi) is 5.79. The number of nitriles is 1. The molecule has 3 nitrogen and oxygen atoms in total. The molecule has 10 heteroatoms. The van der Waals surface area contributed by atoms with Crippen molar-refractivity contribution in [3.8, 4) is 6.07 Å². The van der Waals surface area contributed by atoms with Crippen molar-refractivity contribution in [1.29, 1.82) is 5.26 Å². The third kappa shape index (κ3) is 7.71. The molecule has 1 heterocycles. The summed E-state index contributed by atoms with van der Waals surface area (Å²) in [4.78, 5) is 0. The zero-order valence-corrected chi connectivity index (χ0v) is 17.4. The van der Waals surface area contributed by atoms with E-state index in [1.165, 1.54) is 16.6 Å². The first-order chi connectivity index (χ1) is 14.8. The van der Waals surface area contributed by atoms with Crippen molar-refractivity contribution in [2.45, 2.75) is 13.1 Å². The molecule has 0 fully saturated rings. The molecule has 0 aliphatic heterocycles. The summed E-state index contributed by atoms with van der Waals surface area (Å²) in [6.07, 6.45) is 2.16. The van der Waals surface area contributed by atoms with E-state index in [0.29, 0.717) is 5.56 Å². The number of hydrogen-bond acceptors (Lipinski definition) is 1. The van der Waals surface area contributed by atoms with Gasteiger partial charge in [-0.2, -0.15) is 5.26 Å². The van der Waals surface area contributed by atoms with E-state index in [1.54, 1.807) is 0 Å². The Morgan fingerprint density at radius 2 is 1.38 bits per heavy atom. The van der Waals surface area contributed by atoms with E-state index < -0.39 is 7.81 Å². The van der Waals surface area contributed by atoms with Crippen molar-refractivity contribution in [3.63, 3.8) is 0 Å². The van der Waals surface area contributed by atoms with Crippen LogP contribution in [0.4, 0.5) is 25.2 Å². The fraction of sp³-hybridized carbons (Fsp3) is 0.0909. The number of hydrogen-bond donors (Lipinski definition) is 0. The van der Waals surface area contributed by atoms with Crippen molar-refractivity contribution in [2.24, 2.45) is 0 Å². The van der Waals surface area contributed by atoms with Gasteiger partial charge in [0.05, 0.1) is 11.6 Å². The fourth-order valence-electron chi connectivity index (χ4n) is 3.21. The van der Waals surface area contributed by atoms with Crippen molar-refractivity contribution in [1.82, 2.24) is 4.57 Å². The molecule has 0 saturated heterocycles. The minimum Gasteiger partial charge on any atom is -0.226 e. The monoisotopic (exact) mass is 469 g/mol. The van der Waals surface area contributed by atoms with Crippen LogP contribution in [-0.4, -0.2) is 4.57 Å². The second-order valence-electron chi connectivity index (χ2n) is 7.12. The Morgan fingerprint density at radius 3 is 2.03 bits per heavy atom. The van der Waals surface area contributed by atoms with Gasteiger partial charge in [0.2, 0.25) is 6.33 Å². The summed E-state index contributed by atoms with van der Waals surface area (Å²) in [5, 5.41) is 9.11. The number of fused-ring (bicyclic) bond motifs is 1. The molecule has 0 radical (unpaired) electrons. The molecule has 4 rings (SSSR count). The molecule has 0 unspecified atom stereocenters. The van der Waals surface area contributed by atoms with Crippen LogP contribution < -0.4 is 4.57 Å². The number of benzene rings is 3. The van der Waals surface area contributed by atoms with Gasteiger partial charge >= 0.3 is 33.0 Å². The van der Waals surface area contributed by atoms with E-state index in [4.69, 9.17) is 5.26 Å². The maximum atomic E-state index is 9.87. The summed E-state index contributed by atoms with van der Waals surface area (Å²) < 4.78 is 63.7. The van der Waals surface area contributed by atoms with Crippen molar-refractivity contribution in [2.75, 3.05) is 0 Å². The predicted octanol–water partition coefficient (Wildman–Crippen LogP) is 7.28. The quantitative estimate of drug-likeness (QED) is 0.176. The van der Waals surface area contributed by atoms with Crippen LogP contribution in [0.25, 0.3) is 11.0 Å². The Labute approximate surface area is 180 Å². The zero-order valence-electron chi connectivity index (χ0n) is 16.6. The standard InChI is InChI=1S/C22H18N3.F6P/c23-14-19-9-6-10-20(13-19)16-25-17-24(15-18-7-2-1-3-8-18)21-11-4-5-12-22(21)25;1-7(2,3,4,5)6/h1-13,17H,15-16H2;/q+1;-1. The van der Waals surface area contributed by atoms with Crippen LogP contribution in [0.2, 0.25) is 0 Å². The second kappa shape index (κ2) is 7.95.